The number of carbonyl (C=O) groups is 1. The van der Waals surface area contributed by atoms with E-state index >= 15 is 0 Å². The number of nitrogens with one attached hydrogen (secondary N) is 1. The monoisotopic (exact) mass is 332 g/mol. The molecule has 1 aliphatic carbocycles. The molecule has 0 bridgehead atoms. The molecule has 3 aromatic rings. The Kier molecular flexibility index (Phi) is 4.29. The van der Waals surface area contributed by atoms with E-state index in [2.05, 4.69) is 33.8 Å². The van der Waals surface area contributed by atoms with Crippen molar-refractivity contribution in [2.75, 3.05) is 0 Å². The molecule has 0 saturated heterocycles. The Morgan fingerprint density at radius 3 is 2.80 bits per heavy atom. The van der Waals surface area contributed by atoms with Gasteiger partial charge in [-0.1, -0.05) is 59.8 Å². The number of hydrogen-bond donors (Lipinski definition) is 1. The molecule has 1 aliphatic rings. The summed E-state index contributed by atoms with van der Waals surface area (Å²) in [5, 5.41) is 11.2. The zero-order valence-corrected chi connectivity index (χ0v) is 13.9. The number of benzene rings is 2. The maximum atomic E-state index is 12.6. The van der Waals surface area contributed by atoms with Crippen molar-refractivity contribution < 1.29 is 4.79 Å². The van der Waals surface area contributed by atoms with Crippen LogP contribution in [-0.2, 0) is 13.0 Å². The Hall–Kier alpha value is -2.95. The van der Waals surface area contributed by atoms with Gasteiger partial charge < -0.3 is 5.32 Å². The summed E-state index contributed by atoms with van der Waals surface area (Å²) in [6.07, 6.45) is 4.83. The molecule has 0 fully saturated rings. The van der Waals surface area contributed by atoms with Gasteiger partial charge in [-0.05, 0) is 36.0 Å². The molecule has 0 saturated carbocycles. The SMILES string of the molecule is O=C(NC1CCCc2ccccc21)c1cn(Cc2ccccc2)nn1. The number of hydrogen-bond acceptors (Lipinski definition) is 3. The molecular formula is C20H20N4O. The minimum Gasteiger partial charge on any atom is -0.344 e. The van der Waals surface area contributed by atoms with Gasteiger partial charge in [0.2, 0.25) is 0 Å². The summed E-state index contributed by atoms with van der Waals surface area (Å²) in [7, 11) is 0. The molecule has 25 heavy (non-hydrogen) atoms. The van der Waals surface area contributed by atoms with E-state index in [1.165, 1.54) is 11.1 Å². The normalized spacial score (nSPS) is 16.2. The van der Waals surface area contributed by atoms with Gasteiger partial charge in [-0.3, -0.25) is 4.79 Å². The average molecular weight is 332 g/mol. The molecule has 1 N–H and O–H groups in total. The minimum atomic E-state index is -0.166. The number of carbonyl (C=O) groups excluding carboxylic acids is 1. The lowest BCUT2D eigenvalue weighted by molar-refractivity contribution is 0.0927. The van der Waals surface area contributed by atoms with Gasteiger partial charge in [0.15, 0.2) is 5.69 Å². The highest BCUT2D eigenvalue weighted by molar-refractivity contribution is 5.92. The van der Waals surface area contributed by atoms with Crippen LogP contribution in [0.3, 0.4) is 0 Å². The van der Waals surface area contributed by atoms with E-state index in [1.54, 1.807) is 10.9 Å². The minimum absolute atomic E-state index is 0.0525. The molecule has 1 heterocycles. The second-order valence-corrected chi connectivity index (χ2v) is 6.40. The fraction of sp³-hybridized carbons (Fsp3) is 0.250. The topological polar surface area (TPSA) is 59.8 Å². The van der Waals surface area contributed by atoms with Crippen molar-refractivity contribution >= 4 is 5.91 Å². The summed E-state index contributed by atoms with van der Waals surface area (Å²) in [5.41, 5.74) is 4.03. The van der Waals surface area contributed by atoms with E-state index in [4.69, 9.17) is 0 Å². The lowest BCUT2D eigenvalue weighted by Gasteiger charge is -2.25. The van der Waals surface area contributed by atoms with Crippen molar-refractivity contribution in [3.63, 3.8) is 0 Å². The molecule has 1 aromatic heterocycles. The van der Waals surface area contributed by atoms with Crippen molar-refractivity contribution in [2.45, 2.75) is 31.8 Å². The Morgan fingerprint density at radius 1 is 1.12 bits per heavy atom. The van der Waals surface area contributed by atoms with Crippen LogP contribution in [0.25, 0.3) is 0 Å². The van der Waals surface area contributed by atoms with Crippen molar-refractivity contribution in [1.82, 2.24) is 20.3 Å². The highest BCUT2D eigenvalue weighted by Gasteiger charge is 2.23. The molecule has 126 valence electrons. The first-order valence-electron chi connectivity index (χ1n) is 8.62. The second-order valence-electron chi connectivity index (χ2n) is 6.40. The smallest absolute Gasteiger partial charge is 0.273 e. The van der Waals surface area contributed by atoms with Gasteiger partial charge in [0.05, 0.1) is 18.8 Å². The third-order valence-corrected chi connectivity index (χ3v) is 4.63. The first-order valence-corrected chi connectivity index (χ1v) is 8.62. The number of aromatic nitrogens is 3. The van der Waals surface area contributed by atoms with Crippen LogP contribution >= 0.6 is 0 Å². The third-order valence-electron chi connectivity index (χ3n) is 4.63. The van der Waals surface area contributed by atoms with Gasteiger partial charge in [0.1, 0.15) is 0 Å². The Morgan fingerprint density at radius 2 is 1.92 bits per heavy atom. The summed E-state index contributed by atoms with van der Waals surface area (Å²) < 4.78 is 1.69. The highest BCUT2D eigenvalue weighted by atomic mass is 16.2. The number of nitrogens with zero attached hydrogens (tertiary/aromatic N) is 3. The quantitative estimate of drug-likeness (QED) is 0.798. The van der Waals surface area contributed by atoms with Crippen molar-refractivity contribution in [3.8, 4) is 0 Å². The Labute approximate surface area is 146 Å². The lowest BCUT2D eigenvalue weighted by Crippen LogP contribution is -2.31. The highest BCUT2D eigenvalue weighted by Crippen LogP contribution is 2.29. The van der Waals surface area contributed by atoms with Gasteiger partial charge in [-0.2, -0.15) is 0 Å². The third kappa shape index (κ3) is 3.45. The first-order chi connectivity index (χ1) is 12.3. The summed E-state index contributed by atoms with van der Waals surface area (Å²) in [6, 6.07) is 18.4. The van der Waals surface area contributed by atoms with Gasteiger partial charge in [-0.15, -0.1) is 5.10 Å². The number of aryl methyl sites for hydroxylation is 1. The van der Waals surface area contributed by atoms with Gasteiger partial charge in [-0.25, -0.2) is 4.68 Å². The van der Waals surface area contributed by atoms with Crippen LogP contribution in [0.1, 0.15) is 46.1 Å². The van der Waals surface area contributed by atoms with Gasteiger partial charge in [0, 0.05) is 0 Å². The van der Waals surface area contributed by atoms with Crippen molar-refractivity contribution in [3.05, 3.63) is 83.2 Å². The lowest BCUT2D eigenvalue weighted by atomic mass is 9.88. The van der Waals surface area contributed by atoms with Crippen molar-refractivity contribution in [1.29, 1.82) is 0 Å². The van der Waals surface area contributed by atoms with Crippen LogP contribution in [0.2, 0.25) is 0 Å². The summed E-state index contributed by atoms with van der Waals surface area (Å²) in [6.45, 7) is 0.605. The number of fused-ring (bicyclic) bond motifs is 1. The molecule has 1 amide bonds. The zero-order chi connectivity index (χ0) is 17.1. The second kappa shape index (κ2) is 6.89. The molecule has 2 aromatic carbocycles. The molecular weight excluding hydrogens is 312 g/mol. The fourth-order valence-corrected chi connectivity index (χ4v) is 3.39. The Bertz CT molecular complexity index is 872. The van der Waals surface area contributed by atoms with E-state index in [-0.39, 0.29) is 11.9 Å². The van der Waals surface area contributed by atoms with E-state index in [0.29, 0.717) is 12.2 Å². The van der Waals surface area contributed by atoms with E-state index in [0.717, 1.165) is 24.8 Å². The van der Waals surface area contributed by atoms with Crippen LogP contribution in [-0.4, -0.2) is 20.9 Å². The molecule has 4 rings (SSSR count). The van der Waals surface area contributed by atoms with Crippen LogP contribution in [0.4, 0.5) is 0 Å². The molecule has 0 radical (unpaired) electrons. The Balaban J connectivity index is 1.46. The summed E-state index contributed by atoms with van der Waals surface area (Å²) in [5.74, 6) is -0.166. The maximum absolute atomic E-state index is 12.6. The van der Waals surface area contributed by atoms with Crippen LogP contribution in [0.5, 0.6) is 0 Å². The summed E-state index contributed by atoms with van der Waals surface area (Å²) in [4.78, 5) is 12.6. The van der Waals surface area contributed by atoms with Crippen LogP contribution < -0.4 is 5.32 Å². The van der Waals surface area contributed by atoms with Gasteiger partial charge >= 0.3 is 0 Å². The largest absolute Gasteiger partial charge is 0.344 e. The van der Waals surface area contributed by atoms with E-state index in [1.807, 2.05) is 36.4 Å². The van der Waals surface area contributed by atoms with Crippen LogP contribution in [0, 0.1) is 0 Å². The van der Waals surface area contributed by atoms with Crippen molar-refractivity contribution in [2.24, 2.45) is 0 Å². The molecule has 5 nitrogen and oxygen atoms in total. The molecule has 1 unspecified atom stereocenters. The van der Waals surface area contributed by atoms with Gasteiger partial charge in [0.25, 0.3) is 5.91 Å². The first kappa shape index (κ1) is 15.6. The predicted molar refractivity (Wildman–Crippen MR) is 95.2 cm³/mol. The number of rotatable bonds is 4. The van der Waals surface area contributed by atoms with E-state index in [9.17, 15) is 4.79 Å². The predicted octanol–water partition coefficient (Wildman–Crippen LogP) is 3.13. The fourth-order valence-electron chi connectivity index (χ4n) is 3.39. The molecule has 0 spiro atoms. The number of amides is 1. The molecule has 1 atom stereocenters. The molecule has 5 heteroatoms. The standard InChI is InChI=1S/C20H20N4O/c25-20(21-18-12-6-10-16-9-4-5-11-17(16)18)19-14-24(23-22-19)13-15-7-2-1-3-8-15/h1-5,7-9,11,14,18H,6,10,12-13H2,(H,21,25). The summed E-state index contributed by atoms with van der Waals surface area (Å²) >= 11 is 0. The average Bonchev–Trinajstić information content (AvgIpc) is 3.11. The maximum Gasteiger partial charge on any atom is 0.273 e. The zero-order valence-electron chi connectivity index (χ0n) is 13.9. The van der Waals surface area contributed by atoms with E-state index < -0.39 is 0 Å². The molecule has 0 aliphatic heterocycles. The van der Waals surface area contributed by atoms with Crippen LogP contribution in [0.15, 0.2) is 60.8 Å².